The lowest BCUT2D eigenvalue weighted by Crippen LogP contribution is -2.24. The van der Waals surface area contributed by atoms with Gasteiger partial charge in [-0.1, -0.05) is 27.5 Å². The lowest BCUT2D eigenvalue weighted by Gasteiger charge is -2.11. The van der Waals surface area contributed by atoms with Crippen LogP contribution in [0.3, 0.4) is 0 Å². The van der Waals surface area contributed by atoms with E-state index < -0.39 is 0 Å². The number of fused-ring (bicyclic) bond motifs is 3. The molecule has 0 spiro atoms. The number of hydrogen-bond acceptors (Lipinski definition) is 4. The van der Waals surface area contributed by atoms with Gasteiger partial charge in [0.15, 0.2) is 0 Å². The minimum atomic E-state index is -0.196. The molecule has 0 fully saturated rings. The molecule has 2 heterocycles. The number of amides is 1. The topological polar surface area (TPSA) is 64.0 Å². The van der Waals surface area contributed by atoms with Gasteiger partial charge in [-0.15, -0.1) is 11.3 Å². The third kappa shape index (κ3) is 3.81. The molecule has 4 rings (SSSR count). The van der Waals surface area contributed by atoms with E-state index >= 15 is 0 Å². The maximum Gasteiger partial charge on any atom is 0.262 e. The summed E-state index contributed by atoms with van der Waals surface area (Å²) in [6, 6.07) is 5.27. The van der Waals surface area contributed by atoms with E-state index in [9.17, 15) is 9.59 Å². The van der Waals surface area contributed by atoms with Gasteiger partial charge in [0, 0.05) is 22.3 Å². The van der Waals surface area contributed by atoms with Gasteiger partial charge in [0.2, 0.25) is 5.91 Å². The Morgan fingerprint density at radius 1 is 1.33 bits per heavy atom. The minimum absolute atomic E-state index is 0.0473. The number of halogens is 2. The summed E-state index contributed by atoms with van der Waals surface area (Å²) in [5, 5.41) is 3.99. The first-order valence-corrected chi connectivity index (χ1v) is 10.8. The molecule has 1 aromatic carbocycles. The molecular formula is C19H17BrClN3O2S. The summed E-state index contributed by atoms with van der Waals surface area (Å²) in [5.74, 6) is -0.196. The van der Waals surface area contributed by atoms with E-state index in [1.54, 1.807) is 29.8 Å². The first-order chi connectivity index (χ1) is 13.0. The van der Waals surface area contributed by atoms with Crippen LogP contribution in [0, 0.1) is 0 Å². The number of aromatic nitrogens is 2. The minimum Gasteiger partial charge on any atom is -0.325 e. The Kier molecular flexibility index (Phi) is 5.34. The van der Waals surface area contributed by atoms with E-state index in [0.717, 1.165) is 34.0 Å². The Bertz CT molecular complexity index is 1090. The van der Waals surface area contributed by atoms with Crippen LogP contribution in [0.5, 0.6) is 0 Å². The fraction of sp³-hybridized carbons (Fsp3) is 0.316. The third-order valence-electron chi connectivity index (χ3n) is 4.73. The fourth-order valence-electron chi connectivity index (χ4n) is 3.37. The van der Waals surface area contributed by atoms with E-state index in [2.05, 4.69) is 26.2 Å². The number of nitrogens with one attached hydrogen (secondary N) is 1. The zero-order valence-corrected chi connectivity index (χ0v) is 17.6. The van der Waals surface area contributed by atoms with Gasteiger partial charge < -0.3 is 5.32 Å². The second kappa shape index (κ2) is 7.73. The molecule has 1 amide bonds. The highest BCUT2D eigenvalue weighted by atomic mass is 79.9. The van der Waals surface area contributed by atoms with Crippen molar-refractivity contribution in [3.05, 3.63) is 54.8 Å². The summed E-state index contributed by atoms with van der Waals surface area (Å²) in [7, 11) is 0. The largest absolute Gasteiger partial charge is 0.325 e. The lowest BCUT2D eigenvalue weighted by atomic mass is 9.97. The van der Waals surface area contributed by atoms with Crippen LogP contribution < -0.4 is 10.9 Å². The summed E-state index contributed by atoms with van der Waals surface area (Å²) in [6.45, 7) is 0.284. The van der Waals surface area contributed by atoms with Crippen molar-refractivity contribution in [1.29, 1.82) is 0 Å². The highest BCUT2D eigenvalue weighted by Crippen LogP contribution is 2.33. The van der Waals surface area contributed by atoms with Crippen molar-refractivity contribution in [1.82, 2.24) is 9.55 Å². The molecule has 1 aliphatic rings. The van der Waals surface area contributed by atoms with Crippen LogP contribution in [-0.2, 0) is 24.2 Å². The Hall–Kier alpha value is -1.70. The summed E-state index contributed by atoms with van der Waals surface area (Å²) >= 11 is 11.1. The van der Waals surface area contributed by atoms with Gasteiger partial charge in [0.25, 0.3) is 5.56 Å². The van der Waals surface area contributed by atoms with Crippen LogP contribution in [0.15, 0.2) is 33.8 Å². The van der Waals surface area contributed by atoms with Crippen LogP contribution in [0.2, 0.25) is 5.02 Å². The molecular weight excluding hydrogens is 450 g/mol. The van der Waals surface area contributed by atoms with Gasteiger partial charge in [0.1, 0.15) is 4.83 Å². The van der Waals surface area contributed by atoms with Crippen LogP contribution in [0.4, 0.5) is 5.69 Å². The van der Waals surface area contributed by atoms with E-state index in [4.69, 9.17) is 11.6 Å². The summed E-state index contributed by atoms with van der Waals surface area (Å²) in [6.07, 6.45) is 5.99. The van der Waals surface area contributed by atoms with Crippen molar-refractivity contribution in [2.75, 3.05) is 5.32 Å². The molecule has 0 saturated carbocycles. The number of carbonyl (C=O) groups excluding carboxylic acids is 1. The highest BCUT2D eigenvalue weighted by Gasteiger charge is 2.20. The number of rotatable bonds is 4. The summed E-state index contributed by atoms with van der Waals surface area (Å²) in [4.78, 5) is 31.7. The van der Waals surface area contributed by atoms with Crippen LogP contribution in [-0.4, -0.2) is 15.5 Å². The van der Waals surface area contributed by atoms with Crippen molar-refractivity contribution in [2.24, 2.45) is 0 Å². The quantitative estimate of drug-likeness (QED) is 0.602. The maximum atomic E-state index is 12.9. The van der Waals surface area contributed by atoms with E-state index in [1.165, 1.54) is 21.4 Å². The van der Waals surface area contributed by atoms with Gasteiger partial charge >= 0.3 is 0 Å². The number of thiophene rings is 1. The number of aryl methyl sites for hydroxylation is 3. The van der Waals surface area contributed by atoms with E-state index in [0.29, 0.717) is 10.7 Å². The molecule has 0 atom stereocenters. The monoisotopic (exact) mass is 465 g/mol. The molecule has 5 nitrogen and oxygen atoms in total. The van der Waals surface area contributed by atoms with Gasteiger partial charge in [-0.05, 0) is 49.4 Å². The van der Waals surface area contributed by atoms with Gasteiger partial charge in [0.05, 0.1) is 22.4 Å². The smallest absolute Gasteiger partial charge is 0.262 e. The first kappa shape index (κ1) is 18.7. The normalized spacial score (nSPS) is 13.6. The predicted molar refractivity (Wildman–Crippen MR) is 113 cm³/mol. The lowest BCUT2D eigenvalue weighted by molar-refractivity contribution is -0.116. The van der Waals surface area contributed by atoms with Crippen LogP contribution in [0.25, 0.3) is 10.2 Å². The van der Waals surface area contributed by atoms with Gasteiger partial charge in [-0.25, -0.2) is 4.98 Å². The zero-order valence-electron chi connectivity index (χ0n) is 14.4. The van der Waals surface area contributed by atoms with Crippen molar-refractivity contribution >= 4 is 60.7 Å². The SMILES string of the molecule is O=C(CCn1cnc2sc3c(c2c1=O)CCCC3)Nc1ccc(Br)cc1Cl. The molecule has 2 aromatic heterocycles. The van der Waals surface area contributed by atoms with E-state index in [-0.39, 0.29) is 24.4 Å². The number of benzene rings is 1. The van der Waals surface area contributed by atoms with Crippen molar-refractivity contribution in [2.45, 2.75) is 38.6 Å². The second-order valence-corrected chi connectivity index (χ2v) is 8.96. The number of nitrogens with zero attached hydrogens (tertiary/aromatic N) is 2. The Balaban J connectivity index is 1.51. The van der Waals surface area contributed by atoms with Crippen molar-refractivity contribution < 1.29 is 4.79 Å². The molecule has 1 N–H and O–H groups in total. The Morgan fingerprint density at radius 2 is 2.15 bits per heavy atom. The van der Waals surface area contributed by atoms with Gasteiger partial charge in [-0.3, -0.25) is 14.2 Å². The second-order valence-electron chi connectivity index (χ2n) is 6.56. The molecule has 0 aliphatic heterocycles. The highest BCUT2D eigenvalue weighted by molar-refractivity contribution is 9.10. The van der Waals surface area contributed by atoms with Gasteiger partial charge in [-0.2, -0.15) is 0 Å². The zero-order chi connectivity index (χ0) is 19.0. The molecule has 1 aliphatic carbocycles. The molecule has 140 valence electrons. The average molecular weight is 467 g/mol. The van der Waals surface area contributed by atoms with Crippen molar-refractivity contribution in [3.63, 3.8) is 0 Å². The fourth-order valence-corrected chi connectivity index (χ4v) is 5.31. The molecule has 3 aromatic rings. The summed E-state index contributed by atoms with van der Waals surface area (Å²) in [5.41, 5.74) is 1.67. The molecule has 0 saturated heterocycles. The van der Waals surface area contributed by atoms with Crippen LogP contribution >= 0.6 is 38.9 Å². The maximum absolute atomic E-state index is 12.9. The van der Waals surface area contributed by atoms with E-state index in [1.807, 2.05) is 6.07 Å². The molecule has 8 heteroatoms. The average Bonchev–Trinajstić information content (AvgIpc) is 3.03. The first-order valence-electron chi connectivity index (χ1n) is 8.77. The standard InChI is InChI=1S/C19H17BrClN3O2S/c20-11-5-6-14(13(21)9-11)23-16(25)7-8-24-10-22-18-17(19(24)26)12-3-1-2-4-15(12)27-18/h5-6,9-10H,1-4,7-8H2,(H,23,25). The third-order valence-corrected chi connectivity index (χ3v) is 6.73. The molecule has 0 radical (unpaired) electrons. The number of anilines is 1. The number of carbonyl (C=O) groups is 1. The van der Waals surface area contributed by atoms with Crippen molar-refractivity contribution in [3.8, 4) is 0 Å². The molecule has 27 heavy (non-hydrogen) atoms. The predicted octanol–water partition coefficient (Wildman–Crippen LogP) is 4.78. The summed E-state index contributed by atoms with van der Waals surface area (Å²) < 4.78 is 2.38. The van der Waals surface area contributed by atoms with Crippen LogP contribution in [0.1, 0.15) is 29.7 Å². The Morgan fingerprint density at radius 3 is 2.96 bits per heavy atom. The molecule has 0 bridgehead atoms. The molecule has 0 unspecified atom stereocenters. The number of hydrogen-bond donors (Lipinski definition) is 1. The Labute approximate surface area is 173 Å².